The number of Topliss-reactive ketones (excluding diaryl/α,β-unsaturated/α-hetero) is 1. The topological polar surface area (TPSA) is 83.8 Å². The fourth-order valence-corrected chi connectivity index (χ4v) is 1.91. The second-order valence-corrected chi connectivity index (χ2v) is 4.36. The summed E-state index contributed by atoms with van der Waals surface area (Å²) in [6.07, 6.45) is 0. The number of carbonyl (C=O) groups is 2. The molecule has 0 N–H and O–H groups in total. The van der Waals surface area contributed by atoms with E-state index in [1.807, 2.05) is 0 Å². The van der Waals surface area contributed by atoms with Gasteiger partial charge in [-0.05, 0) is 0 Å². The van der Waals surface area contributed by atoms with E-state index >= 15 is 0 Å². The standard InChI is InChI=1S/C12H13N3O4/c1-13-5-6-14(12(13)17)8-11(16)9-3-2-4-10(7-9)15(18)19/h2-4,7H,5-6,8H2,1H3. The number of amides is 2. The Morgan fingerprint density at radius 3 is 2.74 bits per heavy atom. The molecule has 0 bridgehead atoms. The third-order valence-electron chi connectivity index (χ3n) is 3.02. The predicted octanol–water partition coefficient (Wildman–Crippen LogP) is 1.14. The maximum Gasteiger partial charge on any atom is 0.320 e. The summed E-state index contributed by atoms with van der Waals surface area (Å²) in [7, 11) is 1.67. The summed E-state index contributed by atoms with van der Waals surface area (Å²) in [5.74, 6) is -0.299. The number of nitrogens with zero attached hydrogens (tertiary/aromatic N) is 3. The third kappa shape index (κ3) is 2.70. The Morgan fingerprint density at radius 2 is 2.16 bits per heavy atom. The largest absolute Gasteiger partial charge is 0.326 e. The number of nitro groups is 1. The maximum atomic E-state index is 12.0. The van der Waals surface area contributed by atoms with Gasteiger partial charge >= 0.3 is 6.03 Å². The monoisotopic (exact) mass is 263 g/mol. The van der Waals surface area contributed by atoms with Crippen LogP contribution in [0.1, 0.15) is 10.4 Å². The van der Waals surface area contributed by atoms with Gasteiger partial charge in [0.15, 0.2) is 5.78 Å². The molecule has 7 heteroatoms. The Kier molecular flexibility index (Phi) is 3.46. The third-order valence-corrected chi connectivity index (χ3v) is 3.02. The van der Waals surface area contributed by atoms with E-state index in [2.05, 4.69) is 0 Å². The first-order chi connectivity index (χ1) is 8.99. The molecule has 0 radical (unpaired) electrons. The van der Waals surface area contributed by atoms with Crippen molar-refractivity contribution in [3.63, 3.8) is 0 Å². The van der Waals surface area contributed by atoms with Crippen LogP contribution in [0.15, 0.2) is 24.3 Å². The van der Waals surface area contributed by atoms with Crippen molar-refractivity contribution in [1.29, 1.82) is 0 Å². The first kappa shape index (κ1) is 13.0. The van der Waals surface area contributed by atoms with Crippen LogP contribution < -0.4 is 0 Å². The number of carbonyl (C=O) groups excluding carboxylic acids is 2. The molecule has 1 heterocycles. The number of benzene rings is 1. The molecular formula is C12H13N3O4. The van der Waals surface area contributed by atoms with Gasteiger partial charge in [0.2, 0.25) is 0 Å². The van der Waals surface area contributed by atoms with Crippen LogP contribution >= 0.6 is 0 Å². The van der Waals surface area contributed by atoms with E-state index in [1.165, 1.54) is 34.1 Å². The molecule has 1 aliphatic rings. The summed E-state index contributed by atoms with van der Waals surface area (Å²) < 4.78 is 0. The van der Waals surface area contributed by atoms with Gasteiger partial charge in [0, 0.05) is 37.8 Å². The van der Waals surface area contributed by atoms with E-state index in [9.17, 15) is 19.7 Å². The van der Waals surface area contributed by atoms with Crippen LogP contribution in [0.25, 0.3) is 0 Å². The lowest BCUT2D eigenvalue weighted by molar-refractivity contribution is -0.384. The molecule has 0 saturated carbocycles. The lowest BCUT2D eigenvalue weighted by Gasteiger charge is -2.14. The normalized spacial score (nSPS) is 14.9. The number of urea groups is 1. The van der Waals surface area contributed by atoms with Gasteiger partial charge in [0.25, 0.3) is 5.69 Å². The predicted molar refractivity (Wildman–Crippen MR) is 67.0 cm³/mol. The summed E-state index contributed by atoms with van der Waals surface area (Å²) in [4.78, 5) is 36.7. The van der Waals surface area contributed by atoms with E-state index in [0.717, 1.165) is 0 Å². The van der Waals surface area contributed by atoms with Gasteiger partial charge in [-0.1, -0.05) is 12.1 Å². The number of likely N-dealkylation sites (N-methyl/N-ethyl adjacent to an activating group) is 1. The van der Waals surface area contributed by atoms with Gasteiger partial charge in [-0.15, -0.1) is 0 Å². The molecule has 7 nitrogen and oxygen atoms in total. The van der Waals surface area contributed by atoms with Crippen molar-refractivity contribution in [1.82, 2.24) is 9.80 Å². The summed E-state index contributed by atoms with van der Waals surface area (Å²) in [5.41, 5.74) is 0.118. The van der Waals surface area contributed by atoms with Crippen LogP contribution in [-0.2, 0) is 0 Å². The van der Waals surface area contributed by atoms with Crippen LogP contribution in [0.3, 0.4) is 0 Å². The fourth-order valence-electron chi connectivity index (χ4n) is 1.91. The van der Waals surface area contributed by atoms with Gasteiger partial charge in [-0.2, -0.15) is 0 Å². The highest BCUT2D eigenvalue weighted by Gasteiger charge is 2.27. The minimum Gasteiger partial charge on any atom is -0.326 e. The highest BCUT2D eigenvalue weighted by molar-refractivity contribution is 5.99. The Morgan fingerprint density at radius 1 is 1.42 bits per heavy atom. The molecule has 1 fully saturated rings. The molecular weight excluding hydrogens is 250 g/mol. The second-order valence-electron chi connectivity index (χ2n) is 4.36. The van der Waals surface area contributed by atoms with Gasteiger partial charge in [0.1, 0.15) is 0 Å². The molecule has 2 rings (SSSR count). The molecule has 0 unspecified atom stereocenters. The van der Waals surface area contributed by atoms with Crippen molar-refractivity contribution in [3.05, 3.63) is 39.9 Å². The summed E-state index contributed by atoms with van der Waals surface area (Å²) in [6, 6.07) is 5.33. The molecule has 1 saturated heterocycles. The molecule has 0 spiro atoms. The van der Waals surface area contributed by atoms with Gasteiger partial charge in [-0.3, -0.25) is 14.9 Å². The molecule has 1 aromatic rings. The number of hydrogen-bond donors (Lipinski definition) is 0. The van der Waals surface area contributed by atoms with Gasteiger partial charge in [-0.25, -0.2) is 4.79 Å². The SMILES string of the molecule is CN1CCN(CC(=O)c2cccc([N+](=O)[O-])c2)C1=O. The van der Waals surface area contributed by atoms with Crippen molar-refractivity contribution in [2.45, 2.75) is 0 Å². The smallest absolute Gasteiger partial charge is 0.320 e. The first-order valence-corrected chi connectivity index (χ1v) is 5.77. The summed E-state index contributed by atoms with van der Waals surface area (Å²) in [5, 5.41) is 10.6. The Labute approximate surface area is 109 Å². The fraction of sp³-hybridized carbons (Fsp3) is 0.333. The Hall–Kier alpha value is -2.44. The molecule has 19 heavy (non-hydrogen) atoms. The van der Waals surface area contributed by atoms with E-state index in [-0.39, 0.29) is 29.6 Å². The zero-order valence-corrected chi connectivity index (χ0v) is 10.4. The number of nitro benzene ring substituents is 1. The number of rotatable bonds is 4. The summed E-state index contributed by atoms with van der Waals surface area (Å²) >= 11 is 0. The number of non-ortho nitro benzene ring substituents is 1. The molecule has 1 aromatic carbocycles. The van der Waals surface area contributed by atoms with Crippen LogP contribution in [0.4, 0.5) is 10.5 Å². The average Bonchev–Trinajstić information content (AvgIpc) is 2.71. The van der Waals surface area contributed by atoms with E-state index in [1.54, 1.807) is 7.05 Å². The van der Waals surface area contributed by atoms with Crippen LogP contribution in [0.2, 0.25) is 0 Å². The molecule has 100 valence electrons. The highest BCUT2D eigenvalue weighted by atomic mass is 16.6. The van der Waals surface area contributed by atoms with E-state index in [4.69, 9.17) is 0 Å². The van der Waals surface area contributed by atoms with E-state index < -0.39 is 4.92 Å². The number of ketones is 1. The van der Waals surface area contributed by atoms with Crippen LogP contribution in [0.5, 0.6) is 0 Å². The molecule has 0 atom stereocenters. The van der Waals surface area contributed by atoms with Crippen molar-refractivity contribution >= 4 is 17.5 Å². The van der Waals surface area contributed by atoms with Crippen molar-refractivity contribution in [3.8, 4) is 0 Å². The maximum absolute atomic E-state index is 12.0. The second kappa shape index (κ2) is 5.05. The Bertz CT molecular complexity index is 544. The van der Waals surface area contributed by atoms with Crippen molar-refractivity contribution < 1.29 is 14.5 Å². The number of hydrogen-bond acceptors (Lipinski definition) is 4. The van der Waals surface area contributed by atoms with Crippen LogP contribution in [-0.4, -0.2) is 53.2 Å². The quantitative estimate of drug-likeness (QED) is 0.463. The average molecular weight is 263 g/mol. The molecule has 1 aliphatic heterocycles. The lowest BCUT2D eigenvalue weighted by Crippen LogP contribution is -2.33. The zero-order chi connectivity index (χ0) is 14.0. The first-order valence-electron chi connectivity index (χ1n) is 5.77. The molecule has 0 aromatic heterocycles. The minimum atomic E-state index is -0.550. The van der Waals surface area contributed by atoms with Crippen LogP contribution in [0, 0.1) is 10.1 Å². The lowest BCUT2D eigenvalue weighted by atomic mass is 10.1. The van der Waals surface area contributed by atoms with Gasteiger partial charge in [0.05, 0.1) is 11.5 Å². The molecule has 2 amide bonds. The molecule has 0 aliphatic carbocycles. The van der Waals surface area contributed by atoms with Gasteiger partial charge < -0.3 is 9.80 Å². The highest BCUT2D eigenvalue weighted by Crippen LogP contribution is 2.15. The zero-order valence-electron chi connectivity index (χ0n) is 10.4. The summed E-state index contributed by atoms with van der Waals surface area (Å²) in [6.45, 7) is 1.03. The minimum absolute atomic E-state index is 0.0512. The van der Waals surface area contributed by atoms with Crippen molar-refractivity contribution in [2.24, 2.45) is 0 Å². The van der Waals surface area contributed by atoms with E-state index in [0.29, 0.717) is 13.1 Å². The van der Waals surface area contributed by atoms with Crippen molar-refractivity contribution in [2.75, 3.05) is 26.7 Å². The Balaban J connectivity index is 2.10.